The van der Waals surface area contributed by atoms with Crippen LogP contribution in [0.4, 0.5) is 0 Å². The first-order valence-corrected chi connectivity index (χ1v) is 13.4. The molecular weight excluding hydrogens is 382 g/mol. The Labute approximate surface area is 191 Å². The van der Waals surface area contributed by atoms with Gasteiger partial charge in [0.15, 0.2) is 0 Å². The van der Waals surface area contributed by atoms with Crippen LogP contribution in [0.1, 0.15) is 105 Å². The zero-order valence-corrected chi connectivity index (χ0v) is 20.9. The molecule has 8 atom stereocenters. The maximum Gasteiger partial charge on any atom is 0.0639 e. The molecule has 0 heterocycles. The van der Waals surface area contributed by atoms with Crippen LogP contribution < -0.4 is 5.32 Å². The highest BCUT2D eigenvalue weighted by Crippen LogP contribution is 2.67. The molecular formula is C28H49NO2. The molecule has 0 bridgehead atoms. The zero-order chi connectivity index (χ0) is 22.4. The van der Waals surface area contributed by atoms with E-state index >= 15 is 0 Å². The van der Waals surface area contributed by atoms with Gasteiger partial charge in [-0.1, -0.05) is 51.7 Å². The van der Waals surface area contributed by atoms with Crippen LogP contribution in [0.5, 0.6) is 0 Å². The summed E-state index contributed by atoms with van der Waals surface area (Å²) in [5.74, 6) is 2.50. The summed E-state index contributed by atoms with van der Waals surface area (Å²) >= 11 is 0. The lowest BCUT2D eigenvalue weighted by atomic mass is 9.47. The zero-order valence-electron chi connectivity index (χ0n) is 20.9. The monoisotopic (exact) mass is 431 g/mol. The summed E-state index contributed by atoms with van der Waals surface area (Å²) < 4.78 is 0. The molecule has 4 aliphatic rings. The van der Waals surface area contributed by atoms with Crippen molar-refractivity contribution < 1.29 is 10.2 Å². The van der Waals surface area contributed by atoms with Gasteiger partial charge in [-0.05, 0) is 100 Å². The molecule has 3 N–H and O–H groups in total. The molecule has 0 aromatic heterocycles. The summed E-state index contributed by atoms with van der Waals surface area (Å²) in [5, 5.41) is 25.5. The average molecular weight is 432 g/mol. The van der Waals surface area contributed by atoms with E-state index in [0.717, 1.165) is 37.6 Å². The Balaban J connectivity index is 1.56. The van der Waals surface area contributed by atoms with Gasteiger partial charge in [-0.2, -0.15) is 0 Å². The number of unbranched alkanes of at least 4 members (excludes halogenated alkanes) is 3. The number of nitrogens with one attached hydrogen (secondary N) is 1. The highest BCUT2D eigenvalue weighted by Gasteiger charge is 2.63. The van der Waals surface area contributed by atoms with Gasteiger partial charge in [0.25, 0.3) is 0 Å². The van der Waals surface area contributed by atoms with E-state index in [-0.39, 0.29) is 11.5 Å². The molecule has 3 fully saturated rings. The molecule has 0 aromatic rings. The van der Waals surface area contributed by atoms with Crippen molar-refractivity contribution in [2.45, 2.75) is 123 Å². The fourth-order valence-corrected chi connectivity index (χ4v) is 9.03. The maximum atomic E-state index is 11.3. The Hall–Kier alpha value is -0.380. The van der Waals surface area contributed by atoms with E-state index in [1.54, 1.807) is 5.57 Å². The molecule has 4 rings (SSSR count). The van der Waals surface area contributed by atoms with Gasteiger partial charge >= 0.3 is 0 Å². The largest absolute Gasteiger partial charge is 0.393 e. The first kappa shape index (κ1) is 23.8. The van der Waals surface area contributed by atoms with Gasteiger partial charge in [0.2, 0.25) is 0 Å². The van der Waals surface area contributed by atoms with Gasteiger partial charge in [-0.25, -0.2) is 0 Å². The van der Waals surface area contributed by atoms with Gasteiger partial charge in [0.1, 0.15) is 0 Å². The van der Waals surface area contributed by atoms with Crippen LogP contribution in [0.25, 0.3) is 0 Å². The standard InChI is InChI=1S/C28H49NO2/c1-6-7-8-9-16-29-24-18-23-21-11-10-19-17-20(30)12-14-27(19,4)22(21)13-15-28(23,5)25(24)26(2,3)31/h10,20-25,29-31H,6-9,11-18H2,1-5H3/t20-,21+,22-,23-,24+,25+,27-,28-/m0/s1. The molecule has 0 amide bonds. The van der Waals surface area contributed by atoms with Crippen molar-refractivity contribution in [3.63, 3.8) is 0 Å². The molecule has 0 aliphatic heterocycles. The lowest BCUT2D eigenvalue weighted by Gasteiger charge is -2.58. The van der Waals surface area contributed by atoms with Gasteiger partial charge in [-0.3, -0.25) is 0 Å². The number of aliphatic hydroxyl groups is 2. The van der Waals surface area contributed by atoms with Gasteiger partial charge in [0.05, 0.1) is 11.7 Å². The SMILES string of the molecule is CCCCCCN[C@@H]1C[C@H]2[C@@H]3CC=C4C[C@@H](O)CC[C@]4(C)[C@H]3CC[C@]2(C)[C@H]1C(C)(C)O. The van der Waals surface area contributed by atoms with Crippen molar-refractivity contribution in [1.82, 2.24) is 5.32 Å². The molecule has 0 radical (unpaired) electrons. The smallest absolute Gasteiger partial charge is 0.0639 e. The second-order valence-corrected chi connectivity index (χ2v) is 12.7. The van der Waals surface area contributed by atoms with Gasteiger partial charge in [-0.15, -0.1) is 0 Å². The Morgan fingerprint density at radius 2 is 1.87 bits per heavy atom. The van der Waals surface area contributed by atoms with E-state index in [1.807, 2.05) is 0 Å². The molecule has 3 saturated carbocycles. The summed E-state index contributed by atoms with van der Waals surface area (Å²) in [7, 11) is 0. The first-order valence-electron chi connectivity index (χ1n) is 13.4. The van der Waals surface area contributed by atoms with Crippen molar-refractivity contribution in [3.05, 3.63) is 11.6 Å². The fraction of sp³-hybridized carbons (Fsp3) is 0.929. The highest BCUT2D eigenvalue weighted by atomic mass is 16.3. The fourth-order valence-electron chi connectivity index (χ4n) is 9.03. The van der Waals surface area contributed by atoms with E-state index in [2.05, 4.69) is 46.0 Å². The predicted octanol–water partition coefficient (Wildman–Crippen LogP) is 5.85. The number of hydrogen-bond acceptors (Lipinski definition) is 3. The number of allylic oxidation sites excluding steroid dienone is 1. The topological polar surface area (TPSA) is 52.5 Å². The van der Waals surface area contributed by atoms with Crippen molar-refractivity contribution in [3.8, 4) is 0 Å². The minimum absolute atomic E-state index is 0.128. The van der Waals surface area contributed by atoms with Crippen molar-refractivity contribution in [2.24, 2.45) is 34.5 Å². The third-order valence-electron chi connectivity index (χ3n) is 10.3. The molecule has 3 heteroatoms. The minimum Gasteiger partial charge on any atom is -0.393 e. The van der Waals surface area contributed by atoms with Crippen molar-refractivity contribution in [2.75, 3.05) is 6.54 Å². The summed E-state index contributed by atoms with van der Waals surface area (Å²) in [5.41, 5.74) is 1.42. The second-order valence-electron chi connectivity index (χ2n) is 12.7. The van der Waals surface area contributed by atoms with Gasteiger partial charge in [0, 0.05) is 12.0 Å². The molecule has 31 heavy (non-hydrogen) atoms. The van der Waals surface area contributed by atoms with Crippen LogP contribution >= 0.6 is 0 Å². The van der Waals surface area contributed by atoms with Crippen LogP contribution in [-0.2, 0) is 0 Å². The average Bonchev–Trinajstić information content (AvgIpc) is 3.01. The molecule has 178 valence electrons. The van der Waals surface area contributed by atoms with Crippen LogP contribution in [0, 0.1) is 34.5 Å². The Kier molecular flexibility index (Phi) is 6.72. The Morgan fingerprint density at radius 3 is 2.58 bits per heavy atom. The van der Waals surface area contributed by atoms with Crippen LogP contribution in [-0.4, -0.2) is 34.5 Å². The van der Waals surface area contributed by atoms with Crippen molar-refractivity contribution in [1.29, 1.82) is 0 Å². The number of fused-ring (bicyclic) bond motifs is 5. The molecule has 0 spiro atoms. The summed E-state index contributed by atoms with van der Waals surface area (Å²) in [6, 6.07) is 0.432. The van der Waals surface area contributed by atoms with Crippen molar-refractivity contribution >= 4 is 0 Å². The maximum absolute atomic E-state index is 11.3. The lowest BCUT2D eigenvalue weighted by molar-refractivity contribution is -0.0983. The molecule has 0 aromatic carbocycles. The normalized spacial score (nSPS) is 44.9. The van der Waals surface area contributed by atoms with Crippen LogP contribution in [0.15, 0.2) is 11.6 Å². The summed E-state index contributed by atoms with van der Waals surface area (Å²) in [6.07, 6.45) is 15.5. The van der Waals surface area contributed by atoms with Crippen LogP contribution in [0.2, 0.25) is 0 Å². The molecule has 3 nitrogen and oxygen atoms in total. The predicted molar refractivity (Wildman–Crippen MR) is 129 cm³/mol. The number of hydrogen-bond donors (Lipinski definition) is 3. The van der Waals surface area contributed by atoms with Crippen LogP contribution in [0.3, 0.4) is 0 Å². The molecule has 0 saturated heterocycles. The Bertz CT molecular complexity index is 666. The summed E-state index contributed by atoms with van der Waals surface area (Å²) in [6.45, 7) is 12.5. The minimum atomic E-state index is -0.647. The quantitative estimate of drug-likeness (QED) is 0.350. The van der Waals surface area contributed by atoms with E-state index < -0.39 is 5.60 Å². The molecule has 4 aliphatic carbocycles. The second kappa shape index (κ2) is 8.76. The van der Waals surface area contributed by atoms with E-state index in [4.69, 9.17) is 0 Å². The number of aliphatic hydroxyl groups excluding tert-OH is 1. The first-order chi connectivity index (χ1) is 14.6. The molecule has 0 unspecified atom stereocenters. The Morgan fingerprint density at radius 1 is 1.10 bits per heavy atom. The summed E-state index contributed by atoms with van der Waals surface area (Å²) in [4.78, 5) is 0. The third kappa shape index (κ3) is 4.17. The van der Waals surface area contributed by atoms with Gasteiger partial charge < -0.3 is 15.5 Å². The third-order valence-corrected chi connectivity index (χ3v) is 10.3. The number of rotatable bonds is 7. The lowest BCUT2D eigenvalue weighted by Crippen LogP contribution is -2.54. The van der Waals surface area contributed by atoms with E-state index in [9.17, 15) is 10.2 Å². The highest BCUT2D eigenvalue weighted by molar-refractivity contribution is 5.26. The van der Waals surface area contributed by atoms with E-state index in [1.165, 1.54) is 51.4 Å². The van der Waals surface area contributed by atoms with E-state index in [0.29, 0.717) is 23.3 Å².